The molecule has 2 aromatic rings. The van der Waals surface area contributed by atoms with Crippen LogP contribution in [0.5, 0.6) is 0 Å². The molecule has 2 aromatic carbocycles. The molecule has 1 amide bonds. The molecular weight excluding hydrogens is 322 g/mol. The van der Waals surface area contributed by atoms with Gasteiger partial charge in [-0.2, -0.15) is 0 Å². The van der Waals surface area contributed by atoms with Crippen LogP contribution in [0, 0.1) is 0 Å². The van der Waals surface area contributed by atoms with Crippen LogP contribution in [0.4, 0.5) is 0 Å². The molecule has 6 heteroatoms. The zero-order valence-electron chi connectivity index (χ0n) is 13.1. The lowest BCUT2D eigenvalue weighted by Gasteiger charge is -2.23. The predicted octanol–water partition coefficient (Wildman–Crippen LogP) is 2.19. The summed E-state index contributed by atoms with van der Waals surface area (Å²) in [4.78, 5) is 36.9. The number of carboxylic acids is 1. The van der Waals surface area contributed by atoms with Gasteiger partial charge < -0.3 is 15.1 Å². The predicted molar refractivity (Wildman–Crippen MR) is 89.5 cm³/mol. The van der Waals surface area contributed by atoms with Crippen molar-refractivity contribution in [2.45, 2.75) is 6.04 Å². The summed E-state index contributed by atoms with van der Waals surface area (Å²) < 4.78 is 0. The van der Waals surface area contributed by atoms with E-state index >= 15 is 0 Å². The lowest BCUT2D eigenvalue weighted by Crippen LogP contribution is -2.34. The van der Waals surface area contributed by atoms with Crippen LogP contribution >= 0.6 is 0 Å². The topological polar surface area (TPSA) is 94.9 Å². The smallest absolute Gasteiger partial charge is 0.323 e. The van der Waals surface area contributed by atoms with E-state index in [0.29, 0.717) is 11.1 Å². The van der Waals surface area contributed by atoms with E-state index in [0.717, 1.165) is 4.90 Å². The minimum atomic E-state index is -1.23. The highest BCUT2D eigenvalue weighted by atomic mass is 16.4. The number of hydrogen-bond donors (Lipinski definition) is 2. The summed E-state index contributed by atoms with van der Waals surface area (Å²) in [5, 5.41) is 19.7. The van der Waals surface area contributed by atoms with E-state index in [1.54, 1.807) is 60.7 Å². The number of carboxylic acid groups (broad SMARTS) is 1. The van der Waals surface area contributed by atoms with Gasteiger partial charge in [-0.1, -0.05) is 60.7 Å². The van der Waals surface area contributed by atoms with E-state index in [-0.39, 0.29) is 11.3 Å². The van der Waals surface area contributed by atoms with Gasteiger partial charge in [-0.25, -0.2) is 0 Å². The van der Waals surface area contributed by atoms with Gasteiger partial charge in [0.25, 0.3) is 11.7 Å². The van der Waals surface area contributed by atoms with Crippen molar-refractivity contribution in [2.24, 2.45) is 0 Å². The SMILES string of the molecule is O=C(O)CN1C(=O)C(=O)/C(=C(/O)c2ccccc2)[C@H]1c1ccccc1. The summed E-state index contributed by atoms with van der Waals surface area (Å²) in [6.07, 6.45) is 0. The van der Waals surface area contributed by atoms with E-state index < -0.39 is 30.2 Å². The second-order valence-corrected chi connectivity index (χ2v) is 5.60. The van der Waals surface area contributed by atoms with Gasteiger partial charge in [-0.15, -0.1) is 0 Å². The first-order chi connectivity index (χ1) is 12.0. The molecule has 126 valence electrons. The first-order valence-corrected chi connectivity index (χ1v) is 7.61. The molecule has 1 atom stereocenters. The third-order valence-corrected chi connectivity index (χ3v) is 4.01. The third-order valence-electron chi connectivity index (χ3n) is 4.01. The first-order valence-electron chi connectivity index (χ1n) is 7.61. The molecular formula is C19H15NO5. The molecule has 1 aliphatic heterocycles. The maximum atomic E-state index is 12.5. The Kier molecular flexibility index (Phi) is 4.35. The number of aliphatic hydroxyl groups is 1. The van der Waals surface area contributed by atoms with Gasteiger partial charge in [-0.05, 0) is 5.56 Å². The van der Waals surface area contributed by atoms with Crippen molar-refractivity contribution >= 4 is 23.4 Å². The Morgan fingerprint density at radius 1 is 0.920 bits per heavy atom. The van der Waals surface area contributed by atoms with Crippen LogP contribution in [-0.4, -0.2) is 39.3 Å². The fourth-order valence-electron chi connectivity index (χ4n) is 2.92. The summed E-state index contributed by atoms with van der Waals surface area (Å²) in [5.74, 6) is -3.38. The van der Waals surface area contributed by atoms with Crippen LogP contribution in [0.3, 0.4) is 0 Å². The minimum absolute atomic E-state index is 0.108. The van der Waals surface area contributed by atoms with Gasteiger partial charge in [0.1, 0.15) is 12.3 Å². The van der Waals surface area contributed by atoms with Crippen LogP contribution in [0.25, 0.3) is 5.76 Å². The number of amides is 1. The lowest BCUT2D eigenvalue weighted by atomic mass is 9.95. The summed E-state index contributed by atoms with van der Waals surface area (Å²) in [6.45, 7) is -0.629. The molecule has 1 aliphatic rings. The molecule has 0 bridgehead atoms. The molecule has 0 saturated carbocycles. The van der Waals surface area contributed by atoms with Gasteiger partial charge >= 0.3 is 5.97 Å². The van der Waals surface area contributed by atoms with Crippen LogP contribution < -0.4 is 0 Å². The van der Waals surface area contributed by atoms with E-state index in [2.05, 4.69) is 0 Å². The number of aliphatic hydroxyl groups excluding tert-OH is 1. The van der Waals surface area contributed by atoms with Gasteiger partial charge in [0.05, 0.1) is 11.6 Å². The Morgan fingerprint density at radius 2 is 1.48 bits per heavy atom. The fraction of sp³-hybridized carbons (Fsp3) is 0.105. The van der Waals surface area contributed by atoms with Crippen molar-refractivity contribution in [3.05, 3.63) is 77.4 Å². The van der Waals surface area contributed by atoms with Crippen molar-refractivity contribution in [2.75, 3.05) is 6.54 Å². The molecule has 1 fully saturated rings. The van der Waals surface area contributed by atoms with E-state index in [1.807, 2.05) is 0 Å². The van der Waals surface area contributed by atoms with E-state index in [1.165, 1.54) is 0 Å². The largest absolute Gasteiger partial charge is 0.507 e. The zero-order valence-corrected chi connectivity index (χ0v) is 13.1. The Balaban J connectivity index is 2.19. The highest BCUT2D eigenvalue weighted by molar-refractivity contribution is 6.46. The van der Waals surface area contributed by atoms with E-state index in [9.17, 15) is 19.5 Å². The van der Waals surface area contributed by atoms with Crippen molar-refractivity contribution in [1.82, 2.24) is 4.90 Å². The molecule has 25 heavy (non-hydrogen) atoms. The number of benzene rings is 2. The number of likely N-dealkylation sites (tertiary alicyclic amines) is 1. The molecule has 0 aromatic heterocycles. The molecule has 6 nitrogen and oxygen atoms in total. The van der Waals surface area contributed by atoms with Gasteiger partial charge in [0.15, 0.2) is 0 Å². The fourth-order valence-corrected chi connectivity index (χ4v) is 2.92. The Labute approximate surface area is 143 Å². The Hall–Kier alpha value is -3.41. The second kappa shape index (κ2) is 6.60. The van der Waals surface area contributed by atoms with Crippen LogP contribution in [0.15, 0.2) is 66.2 Å². The third kappa shape index (κ3) is 3.01. The quantitative estimate of drug-likeness (QED) is 0.507. The van der Waals surface area contributed by atoms with Crippen molar-refractivity contribution in [3.8, 4) is 0 Å². The number of aliphatic carboxylic acids is 1. The number of nitrogens with zero attached hydrogens (tertiary/aromatic N) is 1. The molecule has 1 heterocycles. The molecule has 0 unspecified atom stereocenters. The Bertz CT molecular complexity index is 858. The summed E-state index contributed by atoms with van der Waals surface area (Å²) in [5.41, 5.74) is 0.834. The van der Waals surface area contributed by atoms with Gasteiger partial charge in [0.2, 0.25) is 0 Å². The van der Waals surface area contributed by atoms with Gasteiger partial charge in [0, 0.05) is 5.56 Å². The average molecular weight is 337 g/mol. The van der Waals surface area contributed by atoms with Crippen molar-refractivity contribution in [1.29, 1.82) is 0 Å². The Morgan fingerprint density at radius 3 is 2.04 bits per heavy atom. The number of carbonyl (C=O) groups is 3. The maximum Gasteiger partial charge on any atom is 0.323 e. The molecule has 1 saturated heterocycles. The number of ketones is 1. The van der Waals surface area contributed by atoms with Crippen LogP contribution in [-0.2, 0) is 14.4 Å². The maximum absolute atomic E-state index is 12.5. The zero-order chi connectivity index (χ0) is 18.0. The standard InChI is InChI=1S/C19H15NO5/c21-14(22)11-20-16(12-7-3-1-4-8-12)15(18(24)19(20)25)17(23)13-9-5-2-6-10-13/h1-10,16,23H,11H2,(H,21,22)/b17-15+/t16-/m1/s1. The number of carbonyl (C=O) groups excluding carboxylic acids is 2. The lowest BCUT2D eigenvalue weighted by molar-refractivity contribution is -0.146. The van der Waals surface area contributed by atoms with Crippen molar-refractivity contribution in [3.63, 3.8) is 0 Å². The molecule has 0 aliphatic carbocycles. The minimum Gasteiger partial charge on any atom is -0.507 e. The monoisotopic (exact) mass is 337 g/mol. The molecule has 2 N–H and O–H groups in total. The van der Waals surface area contributed by atoms with Gasteiger partial charge in [-0.3, -0.25) is 14.4 Å². The van der Waals surface area contributed by atoms with Crippen LogP contribution in [0.1, 0.15) is 17.2 Å². The molecule has 0 radical (unpaired) electrons. The average Bonchev–Trinajstić information content (AvgIpc) is 2.87. The normalized spacial score (nSPS) is 19.2. The van der Waals surface area contributed by atoms with E-state index in [4.69, 9.17) is 5.11 Å². The number of Topliss-reactive ketones (excluding diaryl/α,β-unsaturated/α-hetero) is 1. The number of hydrogen-bond acceptors (Lipinski definition) is 4. The highest BCUT2D eigenvalue weighted by Gasteiger charge is 2.46. The first kappa shape index (κ1) is 16.4. The second-order valence-electron chi connectivity index (χ2n) is 5.60. The summed E-state index contributed by atoms with van der Waals surface area (Å²) in [6, 6.07) is 16.0. The number of rotatable bonds is 4. The molecule has 0 spiro atoms. The summed E-state index contributed by atoms with van der Waals surface area (Å²) in [7, 11) is 0. The van der Waals surface area contributed by atoms with Crippen molar-refractivity contribution < 1.29 is 24.6 Å². The summed E-state index contributed by atoms with van der Waals surface area (Å²) >= 11 is 0. The molecule has 3 rings (SSSR count). The van der Waals surface area contributed by atoms with Crippen LogP contribution in [0.2, 0.25) is 0 Å². The highest BCUT2D eigenvalue weighted by Crippen LogP contribution is 2.38.